The van der Waals surface area contributed by atoms with E-state index < -0.39 is 0 Å². The Labute approximate surface area is 108 Å². The Bertz CT molecular complexity index is 341. The summed E-state index contributed by atoms with van der Waals surface area (Å²) in [6.45, 7) is 8.12. The van der Waals surface area contributed by atoms with Crippen LogP contribution in [0.3, 0.4) is 0 Å². The van der Waals surface area contributed by atoms with Crippen molar-refractivity contribution in [3.8, 4) is 0 Å². The molecule has 1 nitrogen and oxygen atoms in total. The topological polar surface area (TPSA) is 12.0 Å². The van der Waals surface area contributed by atoms with Gasteiger partial charge in [0.05, 0.1) is 0 Å². The van der Waals surface area contributed by atoms with Crippen LogP contribution in [-0.4, -0.2) is 12.3 Å². The summed E-state index contributed by atoms with van der Waals surface area (Å²) in [5.74, 6) is 1.60. The minimum atomic E-state index is -0.132. The van der Waals surface area contributed by atoms with Gasteiger partial charge in [0.25, 0.3) is 0 Å². The van der Waals surface area contributed by atoms with E-state index in [-0.39, 0.29) is 5.82 Å². The van der Waals surface area contributed by atoms with Crippen molar-refractivity contribution in [3.05, 3.63) is 29.6 Å². The Morgan fingerprint density at radius 1 is 1.29 bits per heavy atom. The molecule has 1 aromatic carbocycles. The van der Waals surface area contributed by atoms with Gasteiger partial charge in [-0.2, -0.15) is 0 Å². The van der Waals surface area contributed by atoms with Crippen LogP contribution in [0, 0.1) is 11.7 Å². The summed E-state index contributed by atoms with van der Waals surface area (Å²) in [7, 11) is 0. The first-order valence-corrected chi connectivity index (χ1v) is 7.27. The molecule has 0 heterocycles. The number of benzene rings is 1. The first-order chi connectivity index (χ1) is 8.15. The molecule has 0 aliphatic carbocycles. The Morgan fingerprint density at radius 2 is 2.06 bits per heavy atom. The van der Waals surface area contributed by atoms with Gasteiger partial charge in [-0.3, -0.25) is 0 Å². The Morgan fingerprint density at radius 3 is 2.71 bits per heavy atom. The van der Waals surface area contributed by atoms with E-state index in [1.807, 2.05) is 0 Å². The molecular weight excluding hydrogens is 233 g/mol. The SMILES string of the molecule is CCNCc1cc(F)cc(SCC(C)CC)c1. The van der Waals surface area contributed by atoms with Crippen LogP contribution in [-0.2, 0) is 6.54 Å². The van der Waals surface area contributed by atoms with Gasteiger partial charge in [-0.15, -0.1) is 11.8 Å². The van der Waals surface area contributed by atoms with Gasteiger partial charge in [0.1, 0.15) is 5.82 Å². The summed E-state index contributed by atoms with van der Waals surface area (Å²) in [6.07, 6.45) is 1.17. The zero-order valence-corrected chi connectivity index (χ0v) is 11.7. The lowest BCUT2D eigenvalue weighted by molar-refractivity contribution is 0.617. The molecule has 1 aromatic rings. The van der Waals surface area contributed by atoms with Gasteiger partial charge in [-0.1, -0.05) is 27.2 Å². The fourth-order valence-corrected chi connectivity index (χ4v) is 2.58. The van der Waals surface area contributed by atoms with Crippen molar-refractivity contribution >= 4 is 11.8 Å². The Kier molecular flexibility index (Phi) is 6.60. The molecule has 0 saturated carbocycles. The fraction of sp³-hybridized carbons (Fsp3) is 0.571. The molecule has 1 unspecified atom stereocenters. The first kappa shape index (κ1) is 14.5. The molecule has 17 heavy (non-hydrogen) atoms. The maximum Gasteiger partial charge on any atom is 0.124 e. The van der Waals surface area contributed by atoms with E-state index in [0.717, 1.165) is 29.3 Å². The normalized spacial score (nSPS) is 12.7. The van der Waals surface area contributed by atoms with Gasteiger partial charge in [-0.25, -0.2) is 4.39 Å². The predicted molar refractivity (Wildman–Crippen MR) is 74.0 cm³/mol. The van der Waals surface area contributed by atoms with Crippen molar-refractivity contribution < 1.29 is 4.39 Å². The molecule has 0 amide bonds. The van der Waals surface area contributed by atoms with Crippen LogP contribution < -0.4 is 5.32 Å². The van der Waals surface area contributed by atoms with Crippen LogP contribution in [0.4, 0.5) is 4.39 Å². The van der Waals surface area contributed by atoms with Gasteiger partial charge in [0, 0.05) is 17.2 Å². The molecule has 96 valence electrons. The third kappa shape index (κ3) is 5.55. The maximum atomic E-state index is 13.4. The summed E-state index contributed by atoms with van der Waals surface area (Å²) in [5.41, 5.74) is 1.03. The minimum absolute atomic E-state index is 0.132. The molecule has 0 fully saturated rings. The van der Waals surface area contributed by atoms with Crippen LogP contribution >= 0.6 is 11.8 Å². The summed E-state index contributed by atoms with van der Waals surface area (Å²) in [4.78, 5) is 1.04. The fourth-order valence-electron chi connectivity index (χ4n) is 1.43. The zero-order chi connectivity index (χ0) is 12.7. The number of halogens is 1. The highest BCUT2D eigenvalue weighted by molar-refractivity contribution is 7.99. The average molecular weight is 255 g/mol. The molecule has 1 N–H and O–H groups in total. The largest absolute Gasteiger partial charge is 0.313 e. The number of nitrogens with one attached hydrogen (secondary N) is 1. The molecule has 0 saturated heterocycles. The zero-order valence-electron chi connectivity index (χ0n) is 10.9. The van der Waals surface area contributed by atoms with E-state index in [2.05, 4.69) is 32.2 Å². The number of rotatable bonds is 7. The molecular formula is C14H22FNS. The van der Waals surface area contributed by atoms with Crippen LogP contribution in [0.2, 0.25) is 0 Å². The van der Waals surface area contributed by atoms with E-state index in [1.165, 1.54) is 6.42 Å². The van der Waals surface area contributed by atoms with Gasteiger partial charge < -0.3 is 5.32 Å². The molecule has 0 aliphatic rings. The van der Waals surface area contributed by atoms with Crippen molar-refractivity contribution in [2.24, 2.45) is 5.92 Å². The van der Waals surface area contributed by atoms with Crippen molar-refractivity contribution in [1.29, 1.82) is 0 Å². The summed E-state index contributed by atoms with van der Waals surface area (Å²) < 4.78 is 13.4. The Hall–Kier alpha value is -0.540. The lowest BCUT2D eigenvalue weighted by atomic mass is 10.2. The number of hydrogen-bond acceptors (Lipinski definition) is 2. The quantitative estimate of drug-likeness (QED) is 0.737. The number of thioether (sulfide) groups is 1. The summed E-state index contributed by atoms with van der Waals surface area (Å²) >= 11 is 1.75. The Balaban J connectivity index is 2.61. The van der Waals surface area contributed by atoms with Gasteiger partial charge in [0.15, 0.2) is 0 Å². The second kappa shape index (κ2) is 7.72. The summed E-state index contributed by atoms with van der Waals surface area (Å²) in [6, 6.07) is 5.32. The standard InChI is InChI=1S/C14H22FNS/c1-4-11(3)10-17-14-7-12(9-16-5-2)6-13(15)8-14/h6-8,11,16H,4-5,9-10H2,1-3H3. The van der Waals surface area contributed by atoms with E-state index in [9.17, 15) is 4.39 Å². The first-order valence-electron chi connectivity index (χ1n) is 6.28. The van der Waals surface area contributed by atoms with Crippen molar-refractivity contribution in [2.75, 3.05) is 12.3 Å². The highest BCUT2D eigenvalue weighted by Crippen LogP contribution is 2.24. The van der Waals surface area contributed by atoms with Crippen LogP contribution in [0.5, 0.6) is 0 Å². The van der Waals surface area contributed by atoms with E-state index in [1.54, 1.807) is 23.9 Å². The average Bonchev–Trinajstić information content (AvgIpc) is 2.32. The van der Waals surface area contributed by atoms with Crippen molar-refractivity contribution in [1.82, 2.24) is 5.32 Å². The van der Waals surface area contributed by atoms with E-state index in [0.29, 0.717) is 5.92 Å². The molecule has 0 radical (unpaired) electrons. The lowest BCUT2D eigenvalue weighted by Gasteiger charge is -2.09. The van der Waals surface area contributed by atoms with Crippen LogP contribution in [0.25, 0.3) is 0 Å². The monoisotopic (exact) mass is 255 g/mol. The second-order valence-electron chi connectivity index (χ2n) is 4.40. The van der Waals surface area contributed by atoms with Crippen molar-refractivity contribution in [3.63, 3.8) is 0 Å². The maximum absolute atomic E-state index is 13.4. The van der Waals surface area contributed by atoms with Crippen LogP contribution in [0.15, 0.2) is 23.1 Å². The smallest absolute Gasteiger partial charge is 0.124 e. The highest BCUT2D eigenvalue weighted by atomic mass is 32.2. The molecule has 0 bridgehead atoms. The van der Waals surface area contributed by atoms with Gasteiger partial charge in [0.2, 0.25) is 0 Å². The highest BCUT2D eigenvalue weighted by Gasteiger charge is 2.04. The third-order valence-corrected chi connectivity index (χ3v) is 4.05. The third-order valence-electron chi connectivity index (χ3n) is 2.74. The van der Waals surface area contributed by atoms with Crippen LogP contribution in [0.1, 0.15) is 32.8 Å². The molecule has 1 rings (SSSR count). The van der Waals surface area contributed by atoms with E-state index >= 15 is 0 Å². The lowest BCUT2D eigenvalue weighted by Crippen LogP contribution is -2.11. The minimum Gasteiger partial charge on any atom is -0.313 e. The molecule has 0 spiro atoms. The molecule has 3 heteroatoms. The second-order valence-corrected chi connectivity index (χ2v) is 5.49. The summed E-state index contributed by atoms with van der Waals surface area (Å²) in [5, 5.41) is 3.22. The van der Waals surface area contributed by atoms with Crippen molar-refractivity contribution in [2.45, 2.75) is 38.6 Å². The molecule has 0 aliphatic heterocycles. The predicted octanol–water partition coefficient (Wildman–Crippen LogP) is 4.07. The molecule has 0 aromatic heterocycles. The number of hydrogen-bond donors (Lipinski definition) is 1. The van der Waals surface area contributed by atoms with E-state index in [4.69, 9.17) is 0 Å². The molecule has 1 atom stereocenters. The van der Waals surface area contributed by atoms with Gasteiger partial charge >= 0.3 is 0 Å². The van der Waals surface area contributed by atoms with Gasteiger partial charge in [-0.05, 0) is 36.2 Å².